The average Bonchev–Trinajstić information content (AvgIpc) is 3.22. The highest BCUT2D eigenvalue weighted by Gasteiger charge is 2.21. The number of anilines is 1. The number of rotatable bonds is 12. The zero-order valence-corrected chi connectivity index (χ0v) is 23.7. The Hall–Kier alpha value is -3.70. The zero-order valence-electron chi connectivity index (χ0n) is 22.9. The largest absolute Gasteiger partial charge is 0.466 e. The molecule has 1 atom stereocenters. The van der Waals surface area contributed by atoms with Crippen LogP contribution in [0.3, 0.4) is 0 Å². The van der Waals surface area contributed by atoms with Crippen molar-refractivity contribution in [1.82, 2.24) is 9.88 Å². The molecule has 3 rings (SSSR count). The van der Waals surface area contributed by atoms with Gasteiger partial charge < -0.3 is 19.9 Å². The smallest absolute Gasteiger partial charge is 0.305 e. The molecule has 10 nitrogen and oxygen atoms in total. The second-order valence-corrected chi connectivity index (χ2v) is 11.0. The minimum absolute atomic E-state index is 0.177. The van der Waals surface area contributed by atoms with Gasteiger partial charge in [0.15, 0.2) is 0 Å². The molecule has 2 N–H and O–H groups in total. The van der Waals surface area contributed by atoms with E-state index in [0.29, 0.717) is 36.3 Å². The van der Waals surface area contributed by atoms with Gasteiger partial charge in [-0.1, -0.05) is 18.2 Å². The monoisotopic (exact) mass is 557 g/mol. The predicted octanol–water partition coefficient (Wildman–Crippen LogP) is 3.87. The Labute approximate surface area is 228 Å². The van der Waals surface area contributed by atoms with Crippen LogP contribution >= 0.6 is 0 Å². The normalized spacial score (nSPS) is 12.2. The summed E-state index contributed by atoms with van der Waals surface area (Å²) in [6.45, 7) is 5.59. The van der Waals surface area contributed by atoms with Gasteiger partial charge in [-0.3, -0.25) is 18.6 Å². The summed E-state index contributed by atoms with van der Waals surface area (Å²) in [6.07, 6.45) is 4.09. The van der Waals surface area contributed by atoms with Gasteiger partial charge in [0.2, 0.25) is 5.91 Å². The molecule has 39 heavy (non-hydrogen) atoms. The number of esters is 1. The number of amides is 2. The molecule has 0 aliphatic rings. The fourth-order valence-electron chi connectivity index (χ4n) is 4.28. The lowest BCUT2D eigenvalue weighted by atomic mass is 10.0. The van der Waals surface area contributed by atoms with E-state index in [4.69, 9.17) is 8.92 Å². The van der Waals surface area contributed by atoms with Crippen LogP contribution in [0.15, 0.2) is 42.6 Å². The molecule has 3 aromatic rings. The first-order chi connectivity index (χ1) is 18.4. The van der Waals surface area contributed by atoms with E-state index >= 15 is 0 Å². The van der Waals surface area contributed by atoms with Crippen LogP contribution in [0, 0.1) is 6.92 Å². The Bertz CT molecular complexity index is 1480. The molecular weight excluding hydrogens is 522 g/mol. The Morgan fingerprint density at radius 1 is 1.10 bits per heavy atom. The molecular formula is C28H35N3O7S. The van der Waals surface area contributed by atoms with Crippen LogP contribution in [0.4, 0.5) is 5.69 Å². The van der Waals surface area contributed by atoms with Gasteiger partial charge in [0, 0.05) is 41.8 Å². The predicted molar refractivity (Wildman–Crippen MR) is 149 cm³/mol. The van der Waals surface area contributed by atoms with Gasteiger partial charge >= 0.3 is 5.97 Å². The third kappa shape index (κ3) is 7.90. The molecule has 0 bridgehead atoms. The number of ether oxygens (including phenoxy) is 1. The van der Waals surface area contributed by atoms with E-state index in [9.17, 15) is 22.8 Å². The number of aromatic nitrogens is 1. The fraction of sp³-hybridized carbons (Fsp3) is 0.393. The van der Waals surface area contributed by atoms with Crippen LogP contribution in [0.25, 0.3) is 10.9 Å². The van der Waals surface area contributed by atoms with Crippen LogP contribution in [-0.2, 0) is 41.7 Å². The number of carbonyl (C=O) groups excluding carboxylic acids is 3. The summed E-state index contributed by atoms with van der Waals surface area (Å²) in [5.41, 5.74) is 4.06. The van der Waals surface area contributed by atoms with Crippen LogP contribution in [0.1, 0.15) is 59.8 Å². The summed E-state index contributed by atoms with van der Waals surface area (Å²) in [7, 11) is -2.09. The van der Waals surface area contributed by atoms with Crippen molar-refractivity contribution in [2.24, 2.45) is 0 Å². The number of nitrogens with zero attached hydrogens (tertiary/aromatic N) is 1. The molecule has 0 spiro atoms. The second kappa shape index (κ2) is 12.9. The van der Waals surface area contributed by atoms with Crippen LogP contribution < -0.4 is 10.6 Å². The number of benzene rings is 2. The number of fused-ring (bicyclic) bond motifs is 1. The molecule has 1 unspecified atom stereocenters. The number of carbonyl (C=O) groups is 3. The molecule has 0 saturated heterocycles. The SMILES string of the molecule is CCOC(=O)CCCc1ccc(COS(C)(=O)=O)cc1NC(=O)C(C)n1cc(C)c2ccc(C(=O)NC)cc21. The third-order valence-corrected chi connectivity index (χ3v) is 6.87. The molecule has 210 valence electrons. The van der Waals surface area contributed by atoms with Gasteiger partial charge in [-0.2, -0.15) is 8.42 Å². The van der Waals surface area contributed by atoms with Crippen molar-refractivity contribution in [2.45, 2.75) is 52.7 Å². The van der Waals surface area contributed by atoms with Gasteiger partial charge in [0.25, 0.3) is 16.0 Å². The highest BCUT2D eigenvalue weighted by atomic mass is 32.2. The van der Waals surface area contributed by atoms with E-state index in [1.54, 1.807) is 51.2 Å². The van der Waals surface area contributed by atoms with Crippen LogP contribution in [0.2, 0.25) is 0 Å². The van der Waals surface area contributed by atoms with Gasteiger partial charge in [-0.15, -0.1) is 0 Å². The van der Waals surface area contributed by atoms with Crippen molar-refractivity contribution in [3.05, 3.63) is 64.8 Å². The van der Waals surface area contributed by atoms with Gasteiger partial charge in [-0.25, -0.2) is 0 Å². The van der Waals surface area contributed by atoms with Crippen molar-refractivity contribution in [3.8, 4) is 0 Å². The van der Waals surface area contributed by atoms with E-state index in [1.165, 1.54) is 0 Å². The molecule has 1 aromatic heterocycles. The number of hydrogen-bond donors (Lipinski definition) is 2. The molecule has 2 amide bonds. The maximum atomic E-state index is 13.5. The quantitative estimate of drug-likeness (QED) is 0.255. The summed E-state index contributed by atoms with van der Waals surface area (Å²) >= 11 is 0. The summed E-state index contributed by atoms with van der Waals surface area (Å²) in [5.74, 6) is -0.814. The van der Waals surface area contributed by atoms with Crippen molar-refractivity contribution in [1.29, 1.82) is 0 Å². The maximum Gasteiger partial charge on any atom is 0.305 e. The lowest BCUT2D eigenvalue weighted by Crippen LogP contribution is -2.24. The lowest BCUT2D eigenvalue weighted by molar-refractivity contribution is -0.143. The topological polar surface area (TPSA) is 133 Å². The Morgan fingerprint density at radius 2 is 1.85 bits per heavy atom. The minimum atomic E-state index is -3.65. The van der Waals surface area contributed by atoms with Crippen molar-refractivity contribution < 1.29 is 31.7 Å². The molecule has 0 fully saturated rings. The zero-order chi connectivity index (χ0) is 28.7. The van der Waals surface area contributed by atoms with E-state index in [1.807, 2.05) is 23.8 Å². The molecule has 0 saturated carbocycles. The molecule has 0 radical (unpaired) electrons. The molecule has 11 heteroatoms. The van der Waals surface area contributed by atoms with Gasteiger partial charge in [0.05, 0.1) is 19.5 Å². The summed E-state index contributed by atoms with van der Waals surface area (Å²) in [4.78, 5) is 37.4. The highest BCUT2D eigenvalue weighted by Crippen LogP contribution is 2.28. The number of nitrogens with one attached hydrogen (secondary N) is 2. The summed E-state index contributed by atoms with van der Waals surface area (Å²) in [6, 6.07) is 9.93. The van der Waals surface area contributed by atoms with Crippen molar-refractivity contribution >= 4 is 44.5 Å². The van der Waals surface area contributed by atoms with Gasteiger partial charge in [-0.05, 0) is 68.5 Å². The van der Waals surface area contributed by atoms with Crippen LogP contribution in [-0.4, -0.2) is 50.7 Å². The minimum Gasteiger partial charge on any atom is -0.466 e. The first-order valence-electron chi connectivity index (χ1n) is 12.7. The van der Waals surface area contributed by atoms with Gasteiger partial charge in [0.1, 0.15) is 6.04 Å². The van der Waals surface area contributed by atoms with E-state index in [2.05, 4.69) is 10.6 Å². The fourth-order valence-corrected chi connectivity index (χ4v) is 4.63. The van der Waals surface area contributed by atoms with E-state index in [0.717, 1.165) is 28.3 Å². The Balaban J connectivity index is 1.88. The van der Waals surface area contributed by atoms with E-state index in [-0.39, 0.29) is 30.8 Å². The molecule has 0 aliphatic carbocycles. The number of aryl methyl sites for hydroxylation is 2. The first-order valence-corrected chi connectivity index (χ1v) is 14.5. The standard InChI is InChI=1S/C28H35N3O7S/c1-6-37-26(32)9-7-8-21-11-10-20(17-38-39(5,35)36)14-24(21)30-27(33)19(3)31-16-18(2)23-13-12-22(15-25(23)31)28(34)29-4/h10-16,19H,6-9,17H2,1-5H3,(H,29,34)(H,30,33). The molecule has 0 aliphatic heterocycles. The Kier molecular flexibility index (Phi) is 9.87. The highest BCUT2D eigenvalue weighted by molar-refractivity contribution is 7.85. The summed E-state index contributed by atoms with van der Waals surface area (Å²) < 4.78 is 34.7. The van der Waals surface area contributed by atoms with Crippen molar-refractivity contribution in [3.63, 3.8) is 0 Å². The molecule has 2 aromatic carbocycles. The van der Waals surface area contributed by atoms with Crippen LogP contribution in [0.5, 0.6) is 0 Å². The summed E-state index contributed by atoms with van der Waals surface area (Å²) in [5, 5.41) is 6.52. The average molecular weight is 558 g/mol. The van der Waals surface area contributed by atoms with E-state index < -0.39 is 16.2 Å². The third-order valence-electron chi connectivity index (χ3n) is 6.32. The first kappa shape index (κ1) is 29.9. The lowest BCUT2D eigenvalue weighted by Gasteiger charge is -2.18. The Morgan fingerprint density at radius 3 is 2.51 bits per heavy atom. The number of hydrogen-bond acceptors (Lipinski definition) is 7. The maximum absolute atomic E-state index is 13.5. The van der Waals surface area contributed by atoms with Crippen molar-refractivity contribution in [2.75, 3.05) is 25.2 Å². The molecule has 1 heterocycles. The second-order valence-electron chi connectivity index (χ2n) is 9.31.